The third-order valence-corrected chi connectivity index (χ3v) is 5.85. The molecule has 0 unspecified atom stereocenters. The van der Waals surface area contributed by atoms with Gasteiger partial charge in [-0.25, -0.2) is 4.90 Å². The van der Waals surface area contributed by atoms with Gasteiger partial charge in [0.15, 0.2) is 0 Å². The van der Waals surface area contributed by atoms with Crippen LogP contribution in [0, 0.1) is 13.8 Å². The normalized spacial score (nSPS) is 13.9. The number of amides is 2. The molecule has 0 aliphatic carbocycles. The van der Waals surface area contributed by atoms with Crippen molar-refractivity contribution in [2.75, 3.05) is 16.3 Å². The molecule has 4 rings (SSSR count). The third-order valence-electron chi connectivity index (χ3n) is 5.59. The predicted molar refractivity (Wildman–Crippen MR) is 126 cm³/mol. The van der Waals surface area contributed by atoms with Crippen LogP contribution in [0.15, 0.2) is 78.5 Å². The summed E-state index contributed by atoms with van der Waals surface area (Å²) in [5.74, 6) is -0.675. The number of hydrogen-bond donors (Lipinski definition) is 0. The monoisotopic (exact) mass is 430 g/mol. The zero-order valence-corrected chi connectivity index (χ0v) is 18.5. The maximum absolute atomic E-state index is 13.7. The number of carbonyl (C=O) groups excluding carboxylic acids is 2. The van der Waals surface area contributed by atoms with E-state index >= 15 is 0 Å². The lowest BCUT2D eigenvalue weighted by atomic mass is 9.99. The van der Waals surface area contributed by atoms with Crippen molar-refractivity contribution in [1.82, 2.24) is 0 Å². The molecule has 0 atom stereocenters. The molecule has 0 saturated heterocycles. The van der Waals surface area contributed by atoms with E-state index in [1.807, 2.05) is 74.2 Å². The smallest absolute Gasteiger partial charge is 0.282 e. The van der Waals surface area contributed by atoms with Crippen molar-refractivity contribution in [2.24, 2.45) is 0 Å². The molecule has 0 spiro atoms. The van der Waals surface area contributed by atoms with Gasteiger partial charge in [-0.1, -0.05) is 48.0 Å². The summed E-state index contributed by atoms with van der Waals surface area (Å²) in [6.45, 7) is 6.55. The second-order valence-electron chi connectivity index (χ2n) is 7.52. The van der Waals surface area contributed by atoms with Crippen molar-refractivity contribution in [1.29, 1.82) is 0 Å². The summed E-state index contributed by atoms with van der Waals surface area (Å²) in [5, 5.41) is 0.546. The lowest BCUT2D eigenvalue weighted by Crippen LogP contribution is -2.35. The first-order valence-corrected chi connectivity index (χ1v) is 10.6. The van der Waals surface area contributed by atoms with Crippen LogP contribution in [0.2, 0.25) is 5.02 Å². The van der Waals surface area contributed by atoms with E-state index in [1.165, 1.54) is 4.90 Å². The van der Waals surface area contributed by atoms with Gasteiger partial charge in [-0.2, -0.15) is 0 Å². The average molecular weight is 431 g/mol. The lowest BCUT2D eigenvalue weighted by Gasteiger charge is -2.25. The summed E-state index contributed by atoms with van der Waals surface area (Å²) < 4.78 is 0. The maximum Gasteiger partial charge on any atom is 0.282 e. The number of benzene rings is 3. The van der Waals surface area contributed by atoms with Gasteiger partial charge in [0.1, 0.15) is 5.70 Å². The topological polar surface area (TPSA) is 40.6 Å². The molecular formula is C26H23ClN2O2. The van der Waals surface area contributed by atoms with E-state index in [9.17, 15) is 9.59 Å². The minimum atomic E-state index is -0.341. The zero-order chi connectivity index (χ0) is 22.1. The lowest BCUT2D eigenvalue weighted by molar-refractivity contribution is -0.120. The number of hydrogen-bond acceptors (Lipinski definition) is 3. The van der Waals surface area contributed by atoms with E-state index < -0.39 is 0 Å². The molecule has 3 aromatic rings. The highest BCUT2D eigenvalue weighted by Gasteiger charge is 2.42. The second kappa shape index (κ2) is 8.40. The van der Waals surface area contributed by atoms with Crippen LogP contribution in [0.3, 0.4) is 0 Å². The standard InChI is InChI=1S/C26H23ClN2O2/c1-4-28(21-8-6-5-7-9-21)24-23(19-11-10-17(2)18(3)16-19)25(30)29(26(24)31)22-14-12-20(27)13-15-22/h5-16H,4H2,1-3H3. The molecule has 2 amide bonds. The SMILES string of the molecule is CCN(C1=C(c2ccc(C)c(C)c2)C(=O)N(c2ccc(Cl)cc2)C1=O)c1ccccc1. The molecule has 31 heavy (non-hydrogen) atoms. The summed E-state index contributed by atoms with van der Waals surface area (Å²) in [4.78, 5) is 30.5. The number of imide groups is 1. The molecule has 1 aliphatic heterocycles. The molecule has 5 heteroatoms. The number of para-hydroxylation sites is 1. The zero-order valence-electron chi connectivity index (χ0n) is 17.7. The Balaban J connectivity index is 1.92. The summed E-state index contributed by atoms with van der Waals surface area (Å²) in [6, 6.07) is 22.3. The summed E-state index contributed by atoms with van der Waals surface area (Å²) >= 11 is 6.02. The van der Waals surface area contributed by atoms with E-state index in [4.69, 9.17) is 11.6 Å². The molecule has 0 fully saturated rings. The van der Waals surface area contributed by atoms with Crippen LogP contribution in [-0.4, -0.2) is 18.4 Å². The number of carbonyl (C=O) groups is 2. The summed E-state index contributed by atoms with van der Waals surface area (Å²) in [5.41, 5.74) is 5.10. The highest BCUT2D eigenvalue weighted by molar-refractivity contribution is 6.46. The van der Waals surface area contributed by atoms with E-state index in [0.29, 0.717) is 28.5 Å². The highest BCUT2D eigenvalue weighted by Crippen LogP contribution is 2.37. The van der Waals surface area contributed by atoms with Crippen LogP contribution in [0.25, 0.3) is 5.57 Å². The molecular weight excluding hydrogens is 408 g/mol. The minimum absolute atomic E-state index is 0.333. The molecule has 0 radical (unpaired) electrons. The van der Waals surface area contributed by atoms with Gasteiger partial charge < -0.3 is 4.90 Å². The van der Waals surface area contributed by atoms with Gasteiger partial charge in [0, 0.05) is 17.3 Å². The van der Waals surface area contributed by atoms with Crippen molar-refractivity contribution in [3.63, 3.8) is 0 Å². The predicted octanol–water partition coefficient (Wildman–Crippen LogP) is 5.77. The van der Waals surface area contributed by atoms with Crippen LogP contribution in [0.4, 0.5) is 11.4 Å². The van der Waals surface area contributed by atoms with Crippen LogP contribution < -0.4 is 9.80 Å². The van der Waals surface area contributed by atoms with Gasteiger partial charge in [0.25, 0.3) is 11.8 Å². The maximum atomic E-state index is 13.7. The molecule has 0 saturated carbocycles. The first kappa shape index (κ1) is 20.9. The quantitative estimate of drug-likeness (QED) is 0.482. The second-order valence-corrected chi connectivity index (χ2v) is 7.96. The van der Waals surface area contributed by atoms with Gasteiger partial charge in [-0.3, -0.25) is 9.59 Å². The Morgan fingerprint density at radius 1 is 0.839 bits per heavy atom. The number of likely N-dealkylation sites (N-methyl/N-ethyl adjacent to an activating group) is 1. The Bertz CT molecular complexity index is 1180. The molecule has 3 aromatic carbocycles. The van der Waals surface area contributed by atoms with Crippen molar-refractivity contribution in [2.45, 2.75) is 20.8 Å². The fraction of sp³-hybridized carbons (Fsp3) is 0.154. The highest BCUT2D eigenvalue weighted by atomic mass is 35.5. The molecule has 0 aromatic heterocycles. The average Bonchev–Trinajstić information content (AvgIpc) is 3.02. The van der Waals surface area contributed by atoms with E-state index in [0.717, 1.165) is 22.4 Å². The number of halogens is 1. The molecule has 4 nitrogen and oxygen atoms in total. The van der Waals surface area contributed by atoms with Gasteiger partial charge in [0.2, 0.25) is 0 Å². The number of aryl methyl sites for hydroxylation is 2. The van der Waals surface area contributed by atoms with Crippen LogP contribution in [0.1, 0.15) is 23.6 Å². The Morgan fingerprint density at radius 3 is 2.13 bits per heavy atom. The van der Waals surface area contributed by atoms with Crippen LogP contribution in [0.5, 0.6) is 0 Å². The van der Waals surface area contributed by atoms with Crippen molar-refractivity contribution in [3.05, 3.63) is 100 Å². The first-order chi connectivity index (χ1) is 14.9. The minimum Gasteiger partial charge on any atom is -0.337 e. The molecule has 0 N–H and O–H groups in total. The number of anilines is 2. The van der Waals surface area contributed by atoms with Crippen LogP contribution >= 0.6 is 11.6 Å². The molecule has 156 valence electrons. The van der Waals surface area contributed by atoms with Gasteiger partial charge >= 0.3 is 0 Å². The van der Waals surface area contributed by atoms with E-state index in [-0.39, 0.29) is 11.8 Å². The van der Waals surface area contributed by atoms with E-state index in [1.54, 1.807) is 24.3 Å². The van der Waals surface area contributed by atoms with Crippen molar-refractivity contribution in [3.8, 4) is 0 Å². The fourth-order valence-corrected chi connectivity index (χ4v) is 3.95. The first-order valence-electron chi connectivity index (χ1n) is 10.2. The third kappa shape index (κ3) is 3.75. The van der Waals surface area contributed by atoms with Crippen molar-refractivity contribution >= 4 is 40.4 Å². The van der Waals surface area contributed by atoms with Crippen LogP contribution in [-0.2, 0) is 9.59 Å². The Kier molecular flexibility index (Phi) is 5.66. The Morgan fingerprint density at radius 2 is 1.52 bits per heavy atom. The van der Waals surface area contributed by atoms with Gasteiger partial charge in [-0.15, -0.1) is 0 Å². The molecule has 0 bridgehead atoms. The molecule has 1 heterocycles. The fourth-order valence-electron chi connectivity index (χ4n) is 3.83. The summed E-state index contributed by atoms with van der Waals surface area (Å²) in [6.07, 6.45) is 0. The largest absolute Gasteiger partial charge is 0.337 e. The Labute approximate surface area is 187 Å². The van der Waals surface area contributed by atoms with Gasteiger partial charge in [0.05, 0.1) is 11.3 Å². The molecule has 1 aliphatic rings. The summed E-state index contributed by atoms with van der Waals surface area (Å²) in [7, 11) is 0. The number of nitrogens with zero attached hydrogens (tertiary/aromatic N) is 2. The van der Waals surface area contributed by atoms with E-state index in [2.05, 4.69) is 0 Å². The van der Waals surface area contributed by atoms with Gasteiger partial charge in [-0.05, 0) is 73.9 Å². The Hall–Kier alpha value is -3.37. The number of rotatable bonds is 5. The van der Waals surface area contributed by atoms with Crippen molar-refractivity contribution < 1.29 is 9.59 Å².